The number of rotatable bonds is 5. The van der Waals surface area contributed by atoms with Gasteiger partial charge in [0.25, 0.3) is 0 Å². The molecule has 10 heteroatoms. The number of carbonyl (C=O) groups is 1. The summed E-state index contributed by atoms with van der Waals surface area (Å²) in [5.41, 5.74) is 1.67. The van der Waals surface area contributed by atoms with E-state index in [1.54, 1.807) is 36.4 Å². The molecule has 8 nitrogen and oxygen atoms in total. The number of nitrogens with zero attached hydrogens (tertiary/aromatic N) is 3. The van der Waals surface area contributed by atoms with Gasteiger partial charge in [0.2, 0.25) is 21.8 Å². The quantitative estimate of drug-likeness (QED) is 0.585. The van der Waals surface area contributed by atoms with Crippen LogP contribution in [-0.4, -0.2) is 41.4 Å². The number of hydrogen-bond acceptors (Lipinski definition) is 6. The Labute approximate surface area is 182 Å². The lowest BCUT2D eigenvalue weighted by atomic mass is 10.2. The lowest BCUT2D eigenvalue weighted by Gasteiger charge is -2.22. The van der Waals surface area contributed by atoms with E-state index in [-0.39, 0.29) is 23.3 Å². The summed E-state index contributed by atoms with van der Waals surface area (Å²) in [6.45, 7) is 2.16. The zero-order valence-corrected chi connectivity index (χ0v) is 18.5. The van der Waals surface area contributed by atoms with E-state index in [0.29, 0.717) is 18.4 Å². The zero-order valence-electron chi connectivity index (χ0n) is 16.1. The van der Waals surface area contributed by atoms with Gasteiger partial charge in [-0.1, -0.05) is 38.7 Å². The van der Waals surface area contributed by atoms with E-state index >= 15 is 0 Å². The molecule has 1 aliphatic rings. The minimum Gasteiger partial charge on any atom is -0.403 e. The Balaban J connectivity index is 1.50. The SMILES string of the molecule is Cc1ccc(S(=O)(=O)N2CCCC2C(=O)Nc2nnc(-c3ccc(Br)cc3)o2)cc1. The zero-order chi connectivity index (χ0) is 21.3. The molecule has 0 bridgehead atoms. The molecule has 156 valence electrons. The molecule has 1 fully saturated rings. The van der Waals surface area contributed by atoms with Crippen LogP contribution in [-0.2, 0) is 14.8 Å². The van der Waals surface area contributed by atoms with Crippen molar-refractivity contribution in [3.63, 3.8) is 0 Å². The molecule has 1 aliphatic heterocycles. The lowest BCUT2D eigenvalue weighted by molar-refractivity contribution is -0.119. The van der Waals surface area contributed by atoms with Crippen molar-refractivity contribution in [1.82, 2.24) is 14.5 Å². The van der Waals surface area contributed by atoms with E-state index in [0.717, 1.165) is 10.0 Å². The molecule has 1 atom stereocenters. The number of carbonyl (C=O) groups excluding carboxylic acids is 1. The van der Waals surface area contributed by atoms with Crippen LogP contribution in [0.25, 0.3) is 11.5 Å². The molecule has 1 N–H and O–H groups in total. The van der Waals surface area contributed by atoms with E-state index < -0.39 is 22.0 Å². The van der Waals surface area contributed by atoms with Crippen LogP contribution in [0.15, 0.2) is 62.3 Å². The van der Waals surface area contributed by atoms with Gasteiger partial charge in [0.1, 0.15) is 6.04 Å². The molecule has 30 heavy (non-hydrogen) atoms. The van der Waals surface area contributed by atoms with Crippen molar-refractivity contribution < 1.29 is 17.6 Å². The predicted molar refractivity (Wildman–Crippen MR) is 114 cm³/mol. The fourth-order valence-corrected chi connectivity index (χ4v) is 5.23. The van der Waals surface area contributed by atoms with Gasteiger partial charge in [-0.25, -0.2) is 8.42 Å². The van der Waals surface area contributed by atoms with E-state index in [9.17, 15) is 13.2 Å². The van der Waals surface area contributed by atoms with Crippen molar-refractivity contribution in [3.8, 4) is 11.5 Å². The van der Waals surface area contributed by atoms with Crippen LogP contribution in [0.3, 0.4) is 0 Å². The van der Waals surface area contributed by atoms with Crippen LogP contribution >= 0.6 is 15.9 Å². The van der Waals surface area contributed by atoms with Gasteiger partial charge in [0.15, 0.2) is 0 Å². The lowest BCUT2D eigenvalue weighted by Crippen LogP contribution is -2.43. The molecule has 1 aromatic heterocycles. The first-order valence-electron chi connectivity index (χ1n) is 9.33. The average Bonchev–Trinajstić information content (AvgIpc) is 3.39. The maximum Gasteiger partial charge on any atom is 0.322 e. The number of nitrogens with one attached hydrogen (secondary N) is 1. The third-order valence-electron chi connectivity index (χ3n) is 4.88. The first-order chi connectivity index (χ1) is 14.3. The Morgan fingerprint density at radius 3 is 2.53 bits per heavy atom. The Kier molecular flexibility index (Phi) is 5.72. The van der Waals surface area contributed by atoms with E-state index in [2.05, 4.69) is 31.4 Å². The summed E-state index contributed by atoms with van der Waals surface area (Å²) >= 11 is 3.36. The summed E-state index contributed by atoms with van der Waals surface area (Å²) in [4.78, 5) is 13.0. The van der Waals surface area contributed by atoms with E-state index in [1.807, 2.05) is 19.1 Å². The first kappa shape index (κ1) is 20.7. The second-order valence-corrected chi connectivity index (χ2v) is 9.80. The topological polar surface area (TPSA) is 105 Å². The third kappa shape index (κ3) is 4.16. The third-order valence-corrected chi connectivity index (χ3v) is 7.33. The highest BCUT2D eigenvalue weighted by atomic mass is 79.9. The number of aryl methyl sites for hydroxylation is 1. The molecule has 1 amide bonds. The molecule has 0 spiro atoms. The van der Waals surface area contributed by atoms with Crippen molar-refractivity contribution in [1.29, 1.82) is 0 Å². The summed E-state index contributed by atoms with van der Waals surface area (Å²) in [6.07, 6.45) is 1.02. The first-order valence-corrected chi connectivity index (χ1v) is 11.6. The van der Waals surface area contributed by atoms with Gasteiger partial charge in [-0.3, -0.25) is 10.1 Å². The average molecular weight is 491 g/mol. The van der Waals surface area contributed by atoms with Crippen molar-refractivity contribution in [3.05, 3.63) is 58.6 Å². The fourth-order valence-electron chi connectivity index (χ4n) is 3.31. The number of hydrogen-bond donors (Lipinski definition) is 1. The molecule has 1 saturated heterocycles. The molecule has 0 saturated carbocycles. The number of amides is 1. The van der Waals surface area contributed by atoms with Crippen LogP contribution in [0.2, 0.25) is 0 Å². The van der Waals surface area contributed by atoms with Crippen LogP contribution in [0.1, 0.15) is 18.4 Å². The molecule has 0 radical (unpaired) electrons. The normalized spacial score (nSPS) is 17.2. The molecule has 4 rings (SSSR count). The van der Waals surface area contributed by atoms with Gasteiger partial charge in [-0.2, -0.15) is 4.31 Å². The van der Waals surface area contributed by atoms with Crippen LogP contribution in [0.4, 0.5) is 6.01 Å². The molecule has 3 aromatic rings. The van der Waals surface area contributed by atoms with Crippen LogP contribution in [0.5, 0.6) is 0 Å². The molecule has 0 aliphatic carbocycles. The number of benzene rings is 2. The van der Waals surface area contributed by atoms with Crippen molar-refractivity contribution >= 4 is 37.9 Å². The second-order valence-electron chi connectivity index (χ2n) is 7.00. The fraction of sp³-hybridized carbons (Fsp3) is 0.250. The highest BCUT2D eigenvalue weighted by Gasteiger charge is 2.39. The molecular weight excluding hydrogens is 472 g/mol. The number of aromatic nitrogens is 2. The van der Waals surface area contributed by atoms with Gasteiger partial charge in [0.05, 0.1) is 4.90 Å². The maximum absolute atomic E-state index is 13.0. The van der Waals surface area contributed by atoms with E-state index in [1.165, 1.54) is 4.31 Å². The molecular formula is C20H19BrN4O4S. The predicted octanol–water partition coefficient (Wildman–Crippen LogP) is 3.60. The maximum atomic E-state index is 13.0. The monoisotopic (exact) mass is 490 g/mol. The summed E-state index contributed by atoms with van der Waals surface area (Å²) in [7, 11) is -3.78. The minimum absolute atomic E-state index is 0.0718. The van der Waals surface area contributed by atoms with Gasteiger partial charge in [-0.05, 0) is 56.2 Å². The minimum atomic E-state index is -3.78. The molecule has 2 heterocycles. The summed E-state index contributed by atoms with van der Waals surface area (Å²) in [5, 5.41) is 10.3. The Bertz CT molecular complexity index is 1160. The smallest absolute Gasteiger partial charge is 0.322 e. The Hall–Kier alpha value is -2.56. The summed E-state index contributed by atoms with van der Waals surface area (Å²) < 4.78 is 33.7. The van der Waals surface area contributed by atoms with Gasteiger partial charge < -0.3 is 4.42 Å². The second kappa shape index (κ2) is 8.29. The van der Waals surface area contributed by atoms with Crippen molar-refractivity contribution in [2.75, 3.05) is 11.9 Å². The standard InChI is InChI=1S/C20H19BrN4O4S/c1-13-4-10-16(11-5-13)30(27,28)25-12-2-3-17(25)18(26)22-20-24-23-19(29-20)14-6-8-15(21)9-7-14/h4-11,17H,2-3,12H2,1H3,(H,22,24,26). The van der Waals surface area contributed by atoms with Crippen LogP contribution in [0, 0.1) is 6.92 Å². The highest BCUT2D eigenvalue weighted by molar-refractivity contribution is 9.10. The Morgan fingerprint density at radius 2 is 1.83 bits per heavy atom. The Morgan fingerprint density at radius 1 is 1.13 bits per heavy atom. The highest BCUT2D eigenvalue weighted by Crippen LogP contribution is 2.28. The van der Waals surface area contributed by atoms with Gasteiger partial charge in [-0.15, -0.1) is 5.10 Å². The van der Waals surface area contributed by atoms with Crippen molar-refractivity contribution in [2.45, 2.75) is 30.7 Å². The largest absolute Gasteiger partial charge is 0.403 e. The molecule has 2 aromatic carbocycles. The number of sulfonamides is 1. The summed E-state index contributed by atoms with van der Waals surface area (Å²) in [6, 6.07) is 13.0. The van der Waals surface area contributed by atoms with Gasteiger partial charge in [0, 0.05) is 16.6 Å². The van der Waals surface area contributed by atoms with Crippen LogP contribution < -0.4 is 5.32 Å². The van der Waals surface area contributed by atoms with E-state index in [4.69, 9.17) is 4.42 Å². The van der Waals surface area contributed by atoms with Crippen molar-refractivity contribution in [2.24, 2.45) is 0 Å². The van der Waals surface area contributed by atoms with Gasteiger partial charge >= 0.3 is 6.01 Å². The number of anilines is 1. The summed E-state index contributed by atoms with van der Waals surface area (Å²) in [5.74, 6) is -0.234. The molecule has 1 unspecified atom stereocenters. The number of halogens is 1.